The molecule has 2 nitrogen and oxygen atoms in total. The number of hydrogen-bond acceptors (Lipinski definition) is 2. The first kappa shape index (κ1) is 12.8. The zero-order valence-electron chi connectivity index (χ0n) is 11.5. The van der Waals surface area contributed by atoms with Gasteiger partial charge in [-0.2, -0.15) is 0 Å². The molecular weight excluding hydrogens is 220 g/mol. The van der Waals surface area contributed by atoms with Gasteiger partial charge in [0.05, 0.1) is 0 Å². The van der Waals surface area contributed by atoms with Gasteiger partial charge < -0.3 is 5.32 Å². The van der Waals surface area contributed by atoms with Crippen molar-refractivity contribution in [2.24, 2.45) is 0 Å². The summed E-state index contributed by atoms with van der Waals surface area (Å²) in [5, 5.41) is 3.23. The second-order valence-corrected chi connectivity index (χ2v) is 4.83. The Kier molecular flexibility index (Phi) is 3.78. The van der Waals surface area contributed by atoms with Gasteiger partial charge in [-0.25, -0.2) is 0 Å². The molecule has 0 saturated carbocycles. The Morgan fingerprint density at radius 2 is 1.67 bits per heavy atom. The summed E-state index contributed by atoms with van der Waals surface area (Å²) in [5.74, 6) is 0. The highest BCUT2D eigenvalue weighted by Gasteiger charge is 2.06. The van der Waals surface area contributed by atoms with E-state index >= 15 is 0 Å². The van der Waals surface area contributed by atoms with E-state index < -0.39 is 0 Å². The summed E-state index contributed by atoms with van der Waals surface area (Å²) >= 11 is 0. The van der Waals surface area contributed by atoms with Crippen molar-refractivity contribution >= 4 is 0 Å². The van der Waals surface area contributed by atoms with Crippen LogP contribution in [0, 0.1) is 20.8 Å². The van der Waals surface area contributed by atoms with Crippen LogP contribution in [-0.2, 0) is 6.54 Å². The minimum atomic E-state index is 0.885. The second-order valence-electron chi connectivity index (χ2n) is 4.83. The lowest BCUT2D eigenvalue weighted by Gasteiger charge is -2.12. The number of hydrogen-bond donors (Lipinski definition) is 1. The molecule has 18 heavy (non-hydrogen) atoms. The Bertz CT molecular complexity index is 539. The first-order chi connectivity index (χ1) is 8.60. The van der Waals surface area contributed by atoms with Crippen molar-refractivity contribution in [1.29, 1.82) is 0 Å². The number of nitrogens with one attached hydrogen (secondary N) is 1. The van der Waals surface area contributed by atoms with Gasteiger partial charge in [0, 0.05) is 17.9 Å². The molecule has 1 aromatic heterocycles. The van der Waals surface area contributed by atoms with Gasteiger partial charge in [-0.15, -0.1) is 0 Å². The molecule has 0 fully saturated rings. The summed E-state index contributed by atoms with van der Waals surface area (Å²) in [6, 6.07) is 10.9. The number of nitrogens with zero attached hydrogens (tertiary/aromatic N) is 1. The molecule has 0 saturated heterocycles. The zero-order chi connectivity index (χ0) is 13.1. The smallest absolute Gasteiger partial charge is 0.0382 e. The summed E-state index contributed by atoms with van der Waals surface area (Å²) in [5.41, 5.74) is 7.32. The normalized spacial score (nSPS) is 10.7. The maximum Gasteiger partial charge on any atom is 0.0382 e. The zero-order valence-corrected chi connectivity index (χ0v) is 11.5. The number of aryl methyl sites for hydroxylation is 3. The molecule has 0 atom stereocenters. The predicted molar refractivity (Wildman–Crippen MR) is 76.6 cm³/mol. The molecule has 0 bridgehead atoms. The Labute approximate surface area is 109 Å². The van der Waals surface area contributed by atoms with Crippen molar-refractivity contribution in [3.8, 4) is 11.1 Å². The van der Waals surface area contributed by atoms with Crippen molar-refractivity contribution in [2.75, 3.05) is 7.05 Å². The van der Waals surface area contributed by atoms with E-state index in [2.05, 4.69) is 47.6 Å². The van der Waals surface area contributed by atoms with E-state index in [4.69, 9.17) is 0 Å². The molecule has 0 radical (unpaired) electrons. The SMILES string of the molecule is CNCc1ccc(C)cc1-c1cc(C)nc(C)c1. The van der Waals surface area contributed by atoms with E-state index in [0.29, 0.717) is 0 Å². The fraction of sp³-hybridized carbons (Fsp3) is 0.312. The number of aromatic nitrogens is 1. The first-order valence-corrected chi connectivity index (χ1v) is 6.30. The molecule has 2 rings (SSSR count). The van der Waals surface area contributed by atoms with E-state index in [1.54, 1.807) is 0 Å². The number of benzene rings is 1. The lowest BCUT2D eigenvalue weighted by Crippen LogP contribution is -2.06. The Hall–Kier alpha value is -1.67. The van der Waals surface area contributed by atoms with Crippen LogP contribution in [0.1, 0.15) is 22.5 Å². The van der Waals surface area contributed by atoms with Crippen LogP contribution >= 0.6 is 0 Å². The number of pyridine rings is 1. The monoisotopic (exact) mass is 240 g/mol. The first-order valence-electron chi connectivity index (χ1n) is 6.30. The molecular formula is C16H20N2. The molecule has 1 N–H and O–H groups in total. The van der Waals surface area contributed by atoms with Crippen molar-refractivity contribution in [3.63, 3.8) is 0 Å². The molecule has 2 heteroatoms. The average Bonchev–Trinajstić information content (AvgIpc) is 2.30. The standard InChI is InChI=1S/C16H20N2/c1-11-5-6-14(10-17-4)16(7-11)15-8-12(2)18-13(3)9-15/h5-9,17H,10H2,1-4H3. The van der Waals surface area contributed by atoms with Crippen molar-refractivity contribution in [1.82, 2.24) is 10.3 Å². The van der Waals surface area contributed by atoms with Gasteiger partial charge in [-0.05, 0) is 56.6 Å². The minimum Gasteiger partial charge on any atom is -0.316 e. The van der Waals surface area contributed by atoms with Gasteiger partial charge in [-0.1, -0.05) is 23.8 Å². The van der Waals surface area contributed by atoms with E-state index in [-0.39, 0.29) is 0 Å². The quantitative estimate of drug-likeness (QED) is 0.889. The predicted octanol–water partition coefficient (Wildman–Crippen LogP) is 3.39. The van der Waals surface area contributed by atoms with Gasteiger partial charge in [-0.3, -0.25) is 4.98 Å². The topological polar surface area (TPSA) is 24.9 Å². The average molecular weight is 240 g/mol. The third-order valence-corrected chi connectivity index (χ3v) is 3.03. The van der Waals surface area contributed by atoms with E-state index in [9.17, 15) is 0 Å². The molecule has 0 unspecified atom stereocenters. The van der Waals surface area contributed by atoms with Crippen LogP contribution in [0.2, 0.25) is 0 Å². The van der Waals surface area contributed by atoms with Gasteiger partial charge in [0.2, 0.25) is 0 Å². The van der Waals surface area contributed by atoms with Crippen LogP contribution in [0.5, 0.6) is 0 Å². The van der Waals surface area contributed by atoms with Crippen LogP contribution < -0.4 is 5.32 Å². The van der Waals surface area contributed by atoms with Crippen molar-refractivity contribution in [3.05, 3.63) is 52.8 Å². The molecule has 94 valence electrons. The van der Waals surface area contributed by atoms with Gasteiger partial charge in [0.15, 0.2) is 0 Å². The van der Waals surface area contributed by atoms with E-state index in [0.717, 1.165) is 17.9 Å². The summed E-state index contributed by atoms with van der Waals surface area (Å²) in [6.07, 6.45) is 0. The molecule has 0 aliphatic rings. The highest BCUT2D eigenvalue weighted by Crippen LogP contribution is 2.26. The van der Waals surface area contributed by atoms with E-state index in [1.807, 2.05) is 20.9 Å². The highest BCUT2D eigenvalue weighted by molar-refractivity contribution is 5.68. The fourth-order valence-corrected chi connectivity index (χ4v) is 2.29. The molecule has 1 aromatic carbocycles. The molecule has 0 spiro atoms. The summed E-state index contributed by atoms with van der Waals surface area (Å²) in [4.78, 5) is 4.44. The lowest BCUT2D eigenvalue weighted by atomic mass is 9.97. The van der Waals surface area contributed by atoms with E-state index in [1.165, 1.54) is 22.3 Å². The maximum atomic E-state index is 4.44. The maximum absolute atomic E-state index is 4.44. The summed E-state index contributed by atoms with van der Waals surface area (Å²) < 4.78 is 0. The molecule has 0 aliphatic carbocycles. The van der Waals surface area contributed by atoms with Crippen LogP contribution in [0.3, 0.4) is 0 Å². The van der Waals surface area contributed by atoms with Gasteiger partial charge in [0.1, 0.15) is 0 Å². The molecule has 0 aliphatic heterocycles. The highest BCUT2D eigenvalue weighted by atomic mass is 14.8. The summed E-state index contributed by atoms with van der Waals surface area (Å²) in [6.45, 7) is 7.11. The Balaban J connectivity index is 2.57. The summed E-state index contributed by atoms with van der Waals surface area (Å²) in [7, 11) is 1.98. The van der Waals surface area contributed by atoms with Crippen LogP contribution in [0.25, 0.3) is 11.1 Å². The largest absolute Gasteiger partial charge is 0.316 e. The molecule has 0 amide bonds. The van der Waals surface area contributed by atoms with Gasteiger partial charge in [0.25, 0.3) is 0 Å². The lowest BCUT2D eigenvalue weighted by molar-refractivity contribution is 0.819. The Morgan fingerprint density at radius 1 is 1.00 bits per heavy atom. The van der Waals surface area contributed by atoms with Crippen molar-refractivity contribution in [2.45, 2.75) is 27.3 Å². The number of rotatable bonds is 3. The van der Waals surface area contributed by atoms with Crippen molar-refractivity contribution < 1.29 is 0 Å². The minimum absolute atomic E-state index is 0.885. The van der Waals surface area contributed by atoms with Crippen LogP contribution in [0.4, 0.5) is 0 Å². The van der Waals surface area contributed by atoms with Gasteiger partial charge >= 0.3 is 0 Å². The second kappa shape index (κ2) is 5.32. The van der Waals surface area contributed by atoms with Crippen LogP contribution in [0.15, 0.2) is 30.3 Å². The molecule has 1 heterocycles. The fourth-order valence-electron chi connectivity index (χ4n) is 2.29. The third kappa shape index (κ3) is 2.77. The Morgan fingerprint density at radius 3 is 2.28 bits per heavy atom. The third-order valence-electron chi connectivity index (χ3n) is 3.03. The van der Waals surface area contributed by atoms with Crippen LogP contribution in [-0.4, -0.2) is 12.0 Å². The molecule has 2 aromatic rings.